The Bertz CT molecular complexity index is 330. The zero-order valence-electron chi connectivity index (χ0n) is 13.1. The zero-order valence-corrected chi connectivity index (χ0v) is 13.1. The Morgan fingerprint density at radius 3 is 2.75 bits per heavy atom. The monoisotopic (exact) mass is 282 g/mol. The molecule has 116 valence electrons. The van der Waals surface area contributed by atoms with Crippen molar-refractivity contribution in [1.82, 2.24) is 9.80 Å². The lowest BCUT2D eigenvalue weighted by Crippen LogP contribution is -2.47. The van der Waals surface area contributed by atoms with E-state index in [1.165, 1.54) is 25.7 Å². The van der Waals surface area contributed by atoms with Crippen molar-refractivity contribution in [1.29, 1.82) is 0 Å². The van der Waals surface area contributed by atoms with Crippen molar-refractivity contribution < 1.29 is 9.90 Å². The van der Waals surface area contributed by atoms with Crippen molar-refractivity contribution in [2.24, 2.45) is 5.41 Å². The fraction of sp³-hybridized carbons (Fsp3) is 0.938. The first-order valence-corrected chi connectivity index (χ1v) is 8.20. The number of carbonyl (C=O) groups is 1. The summed E-state index contributed by atoms with van der Waals surface area (Å²) in [5.74, 6) is 0.207. The number of piperidine rings is 1. The molecule has 4 heteroatoms. The van der Waals surface area contributed by atoms with Crippen LogP contribution in [0.3, 0.4) is 0 Å². The van der Waals surface area contributed by atoms with Crippen LogP contribution in [0.15, 0.2) is 0 Å². The third kappa shape index (κ3) is 4.19. The number of nitrogens with zero attached hydrogens (tertiary/aromatic N) is 2. The maximum absolute atomic E-state index is 11.6. The second-order valence-corrected chi connectivity index (χ2v) is 7.00. The van der Waals surface area contributed by atoms with E-state index in [0.717, 1.165) is 26.1 Å². The molecule has 2 aliphatic heterocycles. The van der Waals surface area contributed by atoms with E-state index in [1.54, 1.807) is 0 Å². The molecule has 4 nitrogen and oxygen atoms in total. The van der Waals surface area contributed by atoms with E-state index in [4.69, 9.17) is 0 Å². The zero-order chi connectivity index (χ0) is 14.6. The number of amides is 1. The highest BCUT2D eigenvalue weighted by Gasteiger charge is 2.31. The average Bonchev–Trinajstić information content (AvgIpc) is 2.74. The lowest BCUT2D eigenvalue weighted by Gasteiger charge is -2.41. The molecule has 0 aromatic carbocycles. The van der Waals surface area contributed by atoms with E-state index in [-0.39, 0.29) is 5.91 Å². The van der Waals surface area contributed by atoms with Gasteiger partial charge in [-0.1, -0.05) is 20.3 Å². The third-order valence-corrected chi connectivity index (χ3v) is 4.79. The topological polar surface area (TPSA) is 43.8 Å². The van der Waals surface area contributed by atoms with Crippen LogP contribution in [0.2, 0.25) is 0 Å². The van der Waals surface area contributed by atoms with E-state index in [9.17, 15) is 9.90 Å². The van der Waals surface area contributed by atoms with Gasteiger partial charge in [0.15, 0.2) is 0 Å². The molecule has 1 N–H and O–H groups in total. The molecule has 2 atom stereocenters. The van der Waals surface area contributed by atoms with Gasteiger partial charge in [0.25, 0.3) is 0 Å². The summed E-state index contributed by atoms with van der Waals surface area (Å²) in [5, 5.41) is 10.2. The highest BCUT2D eigenvalue weighted by atomic mass is 16.3. The number of aliphatic hydroxyl groups is 1. The predicted molar refractivity (Wildman–Crippen MR) is 80.5 cm³/mol. The fourth-order valence-corrected chi connectivity index (χ4v) is 3.90. The molecule has 0 radical (unpaired) electrons. The summed E-state index contributed by atoms with van der Waals surface area (Å²) >= 11 is 0. The van der Waals surface area contributed by atoms with Gasteiger partial charge in [-0.05, 0) is 37.6 Å². The molecule has 0 bridgehead atoms. The van der Waals surface area contributed by atoms with Crippen LogP contribution >= 0.6 is 0 Å². The van der Waals surface area contributed by atoms with Gasteiger partial charge in [-0.2, -0.15) is 0 Å². The average molecular weight is 282 g/mol. The van der Waals surface area contributed by atoms with Gasteiger partial charge in [-0.25, -0.2) is 0 Å². The smallest absolute Gasteiger partial charge is 0.222 e. The van der Waals surface area contributed by atoms with Crippen molar-refractivity contribution in [3.8, 4) is 0 Å². The fourth-order valence-electron chi connectivity index (χ4n) is 3.90. The van der Waals surface area contributed by atoms with E-state index in [2.05, 4.69) is 18.7 Å². The van der Waals surface area contributed by atoms with E-state index < -0.39 is 6.10 Å². The summed E-state index contributed by atoms with van der Waals surface area (Å²) in [5.41, 5.74) is 0.413. The molecule has 0 saturated carbocycles. The first-order chi connectivity index (χ1) is 9.52. The third-order valence-electron chi connectivity index (χ3n) is 4.79. The predicted octanol–water partition coefficient (Wildman–Crippen LogP) is 1.87. The van der Waals surface area contributed by atoms with E-state index in [0.29, 0.717) is 24.9 Å². The minimum atomic E-state index is -0.402. The number of rotatable bonds is 6. The van der Waals surface area contributed by atoms with Gasteiger partial charge in [-0.3, -0.25) is 4.79 Å². The normalized spacial score (nSPS) is 29.9. The Kier molecular flexibility index (Phi) is 5.44. The van der Waals surface area contributed by atoms with Crippen LogP contribution in [0.4, 0.5) is 0 Å². The van der Waals surface area contributed by atoms with Crippen LogP contribution in [-0.4, -0.2) is 59.6 Å². The Morgan fingerprint density at radius 1 is 1.30 bits per heavy atom. The molecule has 2 heterocycles. The van der Waals surface area contributed by atoms with E-state index in [1.807, 2.05) is 4.90 Å². The Labute approximate surface area is 123 Å². The Balaban J connectivity index is 1.78. The van der Waals surface area contributed by atoms with Crippen LogP contribution < -0.4 is 0 Å². The number of aliphatic hydroxyl groups excluding tert-OH is 1. The van der Waals surface area contributed by atoms with E-state index >= 15 is 0 Å². The molecule has 0 aromatic rings. The van der Waals surface area contributed by atoms with Crippen LogP contribution in [0, 0.1) is 5.41 Å². The standard InChI is InChI=1S/C16H30N2O2/c1-3-7-16(2)8-5-9-17(13-16)11-14(19)12-18-10-4-6-15(18)20/h14,19H,3-13H2,1-2H3. The highest BCUT2D eigenvalue weighted by Crippen LogP contribution is 2.33. The van der Waals surface area contributed by atoms with Crippen LogP contribution in [0.25, 0.3) is 0 Å². The van der Waals surface area contributed by atoms with Crippen molar-refractivity contribution in [2.75, 3.05) is 32.7 Å². The summed E-state index contributed by atoms with van der Waals surface area (Å²) in [4.78, 5) is 15.8. The van der Waals surface area contributed by atoms with Gasteiger partial charge in [0.1, 0.15) is 0 Å². The van der Waals surface area contributed by atoms with Crippen LogP contribution in [-0.2, 0) is 4.79 Å². The highest BCUT2D eigenvalue weighted by molar-refractivity contribution is 5.78. The summed E-state index contributed by atoms with van der Waals surface area (Å²) in [7, 11) is 0. The second kappa shape index (κ2) is 6.90. The minimum absolute atomic E-state index is 0.207. The lowest BCUT2D eigenvalue weighted by atomic mass is 9.78. The summed E-state index contributed by atoms with van der Waals surface area (Å²) in [6.45, 7) is 8.85. The molecule has 2 rings (SSSR count). The van der Waals surface area contributed by atoms with Gasteiger partial charge in [0, 0.05) is 32.6 Å². The van der Waals surface area contributed by atoms with Crippen molar-refractivity contribution in [3.05, 3.63) is 0 Å². The Morgan fingerprint density at radius 2 is 2.10 bits per heavy atom. The summed E-state index contributed by atoms with van der Waals surface area (Å²) in [6.07, 6.45) is 6.24. The SMILES string of the molecule is CCCC1(C)CCCN(CC(O)CN2CCCC2=O)C1. The Hall–Kier alpha value is -0.610. The molecule has 0 aromatic heterocycles. The quantitative estimate of drug-likeness (QED) is 0.809. The second-order valence-electron chi connectivity index (χ2n) is 7.00. The van der Waals surface area contributed by atoms with Gasteiger partial charge < -0.3 is 14.9 Å². The summed E-state index contributed by atoms with van der Waals surface area (Å²) in [6, 6.07) is 0. The molecule has 2 unspecified atom stereocenters. The molecular weight excluding hydrogens is 252 g/mol. The van der Waals surface area contributed by atoms with Gasteiger partial charge in [0.2, 0.25) is 5.91 Å². The molecule has 0 spiro atoms. The van der Waals surface area contributed by atoms with Crippen LogP contribution in [0.5, 0.6) is 0 Å². The molecule has 2 fully saturated rings. The minimum Gasteiger partial charge on any atom is -0.390 e. The molecular formula is C16H30N2O2. The number of likely N-dealkylation sites (tertiary alicyclic amines) is 2. The molecule has 2 saturated heterocycles. The van der Waals surface area contributed by atoms with Gasteiger partial charge in [-0.15, -0.1) is 0 Å². The number of hydrogen-bond donors (Lipinski definition) is 1. The van der Waals surface area contributed by atoms with Crippen molar-refractivity contribution in [2.45, 2.75) is 58.5 Å². The van der Waals surface area contributed by atoms with Gasteiger partial charge in [0.05, 0.1) is 6.10 Å². The van der Waals surface area contributed by atoms with Gasteiger partial charge >= 0.3 is 0 Å². The molecule has 1 amide bonds. The molecule has 2 aliphatic rings. The first kappa shape index (κ1) is 15.8. The molecule has 20 heavy (non-hydrogen) atoms. The first-order valence-electron chi connectivity index (χ1n) is 8.20. The lowest BCUT2D eigenvalue weighted by molar-refractivity contribution is -0.129. The number of hydrogen-bond acceptors (Lipinski definition) is 3. The largest absolute Gasteiger partial charge is 0.390 e. The number of β-amino-alcohol motifs (C(OH)–C–C–N with tert-alkyl or cyclic N) is 1. The molecule has 0 aliphatic carbocycles. The summed E-state index contributed by atoms with van der Waals surface area (Å²) < 4.78 is 0. The number of carbonyl (C=O) groups excluding carboxylic acids is 1. The van der Waals surface area contributed by atoms with Crippen molar-refractivity contribution >= 4 is 5.91 Å². The van der Waals surface area contributed by atoms with Crippen LogP contribution in [0.1, 0.15) is 52.4 Å². The van der Waals surface area contributed by atoms with Crippen molar-refractivity contribution in [3.63, 3.8) is 0 Å². The maximum atomic E-state index is 11.6. The maximum Gasteiger partial charge on any atom is 0.222 e.